The predicted octanol–water partition coefficient (Wildman–Crippen LogP) is 3.47. The summed E-state index contributed by atoms with van der Waals surface area (Å²) in [6.45, 7) is 4.74. The molecule has 0 radical (unpaired) electrons. The summed E-state index contributed by atoms with van der Waals surface area (Å²) in [7, 11) is 0. The average molecular weight is 351 g/mol. The molecule has 0 saturated heterocycles. The van der Waals surface area contributed by atoms with Crippen LogP contribution in [-0.4, -0.2) is 17.5 Å². The lowest BCUT2D eigenvalue weighted by molar-refractivity contribution is 0.0951. The second-order valence-electron chi connectivity index (χ2n) is 5.95. The molecule has 0 aliphatic heterocycles. The van der Waals surface area contributed by atoms with Gasteiger partial charge in [0.1, 0.15) is 11.6 Å². The Morgan fingerprint density at radius 3 is 2.88 bits per heavy atom. The van der Waals surface area contributed by atoms with E-state index < -0.39 is 0 Å². The average Bonchev–Trinajstić information content (AvgIpc) is 2.63. The van der Waals surface area contributed by atoms with Crippen LogP contribution in [0.5, 0.6) is 5.75 Å². The van der Waals surface area contributed by atoms with Crippen LogP contribution in [0.15, 0.2) is 36.4 Å². The predicted molar refractivity (Wildman–Crippen MR) is 104 cm³/mol. The molecule has 0 spiro atoms. The second kappa shape index (κ2) is 10.1. The van der Waals surface area contributed by atoms with Crippen LogP contribution in [0.2, 0.25) is 0 Å². The number of anilines is 1. The van der Waals surface area contributed by atoms with E-state index >= 15 is 0 Å². The van der Waals surface area contributed by atoms with Crippen molar-refractivity contribution < 1.29 is 9.53 Å². The summed E-state index contributed by atoms with van der Waals surface area (Å²) in [5, 5.41) is 2.86. The molecule has 2 aromatic rings. The molecule has 1 aromatic heterocycles. The number of aryl methyl sites for hydroxylation is 1. The van der Waals surface area contributed by atoms with Gasteiger partial charge in [0.25, 0.3) is 5.91 Å². The first-order chi connectivity index (χ1) is 12.6. The maximum atomic E-state index is 12.3. The number of unbranched alkanes of at least 4 members (excludes halogenated alkanes) is 2. The number of aromatic nitrogens is 1. The van der Waals surface area contributed by atoms with Gasteiger partial charge in [0.15, 0.2) is 0 Å². The first-order valence-corrected chi connectivity index (χ1v) is 8.73. The van der Waals surface area contributed by atoms with Crippen molar-refractivity contribution in [2.24, 2.45) is 0 Å². The van der Waals surface area contributed by atoms with Gasteiger partial charge >= 0.3 is 0 Å². The quantitative estimate of drug-likeness (QED) is 0.564. The van der Waals surface area contributed by atoms with Crippen LogP contribution in [0.4, 0.5) is 5.82 Å². The smallest absolute Gasteiger partial charge is 0.255 e. The van der Waals surface area contributed by atoms with Crippen LogP contribution in [0.3, 0.4) is 0 Å². The number of amides is 1. The maximum Gasteiger partial charge on any atom is 0.255 e. The largest absolute Gasteiger partial charge is 0.494 e. The van der Waals surface area contributed by atoms with E-state index in [1.54, 1.807) is 12.1 Å². The molecule has 26 heavy (non-hydrogen) atoms. The van der Waals surface area contributed by atoms with Crippen LogP contribution < -0.4 is 15.8 Å². The van der Waals surface area contributed by atoms with E-state index in [0.717, 1.165) is 36.3 Å². The molecule has 0 fully saturated rings. The van der Waals surface area contributed by atoms with E-state index in [1.807, 2.05) is 38.1 Å². The van der Waals surface area contributed by atoms with Gasteiger partial charge in [0.2, 0.25) is 0 Å². The van der Waals surface area contributed by atoms with Crippen molar-refractivity contribution in [3.63, 3.8) is 0 Å². The van der Waals surface area contributed by atoms with Crippen molar-refractivity contribution in [2.45, 2.75) is 39.7 Å². The summed E-state index contributed by atoms with van der Waals surface area (Å²) in [4.78, 5) is 16.4. The Morgan fingerprint density at radius 1 is 1.27 bits per heavy atom. The van der Waals surface area contributed by atoms with Crippen molar-refractivity contribution in [3.8, 4) is 17.6 Å². The Kier molecular flexibility index (Phi) is 7.50. The molecule has 0 aliphatic rings. The van der Waals surface area contributed by atoms with Gasteiger partial charge in [-0.25, -0.2) is 4.98 Å². The van der Waals surface area contributed by atoms with E-state index in [2.05, 4.69) is 22.1 Å². The van der Waals surface area contributed by atoms with Crippen LogP contribution in [0.1, 0.15) is 47.8 Å². The highest BCUT2D eigenvalue weighted by Crippen LogP contribution is 2.15. The monoisotopic (exact) mass is 351 g/mol. The van der Waals surface area contributed by atoms with Gasteiger partial charge in [-0.05, 0) is 56.5 Å². The lowest BCUT2D eigenvalue weighted by Crippen LogP contribution is -2.24. The van der Waals surface area contributed by atoms with E-state index in [4.69, 9.17) is 10.5 Å². The molecule has 1 heterocycles. The van der Waals surface area contributed by atoms with Crippen molar-refractivity contribution in [3.05, 3.63) is 53.2 Å². The minimum atomic E-state index is -0.238. The Morgan fingerprint density at radius 2 is 2.12 bits per heavy atom. The molecule has 5 nitrogen and oxygen atoms in total. The van der Waals surface area contributed by atoms with E-state index in [-0.39, 0.29) is 11.7 Å². The van der Waals surface area contributed by atoms with Crippen LogP contribution in [0.25, 0.3) is 0 Å². The van der Waals surface area contributed by atoms with Crippen molar-refractivity contribution in [1.29, 1.82) is 0 Å². The molecule has 0 saturated carbocycles. The van der Waals surface area contributed by atoms with Gasteiger partial charge in [-0.1, -0.05) is 12.1 Å². The maximum absolute atomic E-state index is 12.3. The molecule has 1 aromatic carbocycles. The molecule has 1 amide bonds. The van der Waals surface area contributed by atoms with Gasteiger partial charge in [-0.15, -0.1) is 11.8 Å². The molecule has 0 bridgehead atoms. The minimum absolute atomic E-state index is 0.238. The molecular formula is C21H25N3O2. The first kappa shape index (κ1) is 19.3. The van der Waals surface area contributed by atoms with Crippen LogP contribution in [-0.2, 0) is 6.54 Å². The summed E-state index contributed by atoms with van der Waals surface area (Å²) in [6.07, 6.45) is 2.90. The second-order valence-corrected chi connectivity index (χ2v) is 5.95. The summed E-state index contributed by atoms with van der Waals surface area (Å²) < 4.78 is 5.76. The number of nitrogens with zero attached hydrogens (tertiary/aromatic N) is 1. The molecular weight excluding hydrogens is 326 g/mol. The number of nitrogens with one attached hydrogen (secondary N) is 1. The third-order valence-electron chi connectivity index (χ3n) is 3.80. The van der Waals surface area contributed by atoms with Gasteiger partial charge in [0.05, 0.1) is 12.2 Å². The Labute approximate surface area is 155 Å². The molecule has 0 aliphatic carbocycles. The fourth-order valence-corrected chi connectivity index (χ4v) is 2.42. The van der Waals surface area contributed by atoms with Gasteiger partial charge < -0.3 is 15.8 Å². The number of nitrogen functional groups attached to an aromatic ring is 1. The molecule has 5 heteroatoms. The summed E-state index contributed by atoms with van der Waals surface area (Å²) in [5.41, 5.74) is 7.95. The molecule has 136 valence electrons. The fourth-order valence-electron chi connectivity index (χ4n) is 2.42. The fraction of sp³-hybridized carbons (Fsp3) is 0.333. The summed E-state index contributed by atoms with van der Waals surface area (Å²) in [5.74, 6) is 6.74. The number of nitrogens with two attached hydrogens (primary N) is 1. The van der Waals surface area contributed by atoms with Crippen molar-refractivity contribution in [1.82, 2.24) is 10.3 Å². The van der Waals surface area contributed by atoms with Gasteiger partial charge in [0, 0.05) is 18.7 Å². The third kappa shape index (κ3) is 6.14. The highest BCUT2D eigenvalue weighted by molar-refractivity contribution is 5.98. The molecule has 0 atom stereocenters. The van der Waals surface area contributed by atoms with Crippen LogP contribution >= 0.6 is 0 Å². The highest BCUT2D eigenvalue weighted by Gasteiger charge is 2.10. The first-order valence-electron chi connectivity index (χ1n) is 8.73. The number of hydrogen-bond acceptors (Lipinski definition) is 4. The number of benzene rings is 1. The highest BCUT2D eigenvalue weighted by atomic mass is 16.5. The topological polar surface area (TPSA) is 77.2 Å². The number of carbonyl (C=O) groups is 1. The van der Waals surface area contributed by atoms with Crippen molar-refractivity contribution >= 4 is 11.7 Å². The Bertz CT molecular complexity index is 806. The van der Waals surface area contributed by atoms with Crippen LogP contribution in [0, 0.1) is 18.8 Å². The summed E-state index contributed by atoms with van der Waals surface area (Å²) in [6, 6.07) is 11.2. The number of pyridine rings is 1. The van der Waals surface area contributed by atoms with E-state index in [0.29, 0.717) is 18.7 Å². The molecule has 3 N–H and O–H groups in total. The number of ether oxygens (including phenoxy) is 1. The van der Waals surface area contributed by atoms with Gasteiger partial charge in [-0.3, -0.25) is 4.79 Å². The zero-order valence-electron chi connectivity index (χ0n) is 15.3. The number of carbonyl (C=O) groups excluding carboxylic acids is 1. The minimum Gasteiger partial charge on any atom is -0.494 e. The normalized spacial score (nSPS) is 9.92. The van der Waals surface area contributed by atoms with Crippen molar-refractivity contribution in [2.75, 3.05) is 12.3 Å². The van der Waals surface area contributed by atoms with E-state index in [9.17, 15) is 4.79 Å². The van der Waals surface area contributed by atoms with Gasteiger partial charge in [-0.2, -0.15) is 0 Å². The lowest BCUT2D eigenvalue weighted by atomic mass is 10.2. The SMILES string of the molecule is CC#CCCCCOc1cccc(CNC(=O)c2ccc(C)nc2N)c1. The Balaban J connectivity index is 1.83. The number of rotatable bonds is 8. The zero-order chi connectivity index (χ0) is 18.8. The molecule has 0 unspecified atom stereocenters. The summed E-state index contributed by atoms with van der Waals surface area (Å²) >= 11 is 0. The lowest BCUT2D eigenvalue weighted by Gasteiger charge is -2.10. The standard InChI is InChI=1S/C21H25N3O2/c1-3-4-5-6-7-13-26-18-10-8-9-17(14-18)15-23-21(25)19-12-11-16(2)24-20(19)22/h8-12,14H,5-7,13,15H2,1-2H3,(H2,22,24)(H,23,25). The Hall–Kier alpha value is -3.00. The zero-order valence-corrected chi connectivity index (χ0v) is 15.3. The van der Waals surface area contributed by atoms with E-state index in [1.165, 1.54) is 0 Å². The number of hydrogen-bond donors (Lipinski definition) is 2. The molecule has 2 rings (SSSR count). The third-order valence-corrected chi connectivity index (χ3v) is 3.80.